The van der Waals surface area contributed by atoms with E-state index in [9.17, 15) is 4.79 Å². The Morgan fingerprint density at radius 1 is 1.44 bits per heavy atom. The number of hydrogen-bond acceptors (Lipinski definition) is 2. The number of carbonyl (C=O) groups is 1. The zero-order valence-corrected chi connectivity index (χ0v) is 11.1. The summed E-state index contributed by atoms with van der Waals surface area (Å²) in [5.74, 6) is -0.178. The van der Waals surface area contributed by atoms with Crippen molar-refractivity contribution >= 4 is 17.6 Å². The van der Waals surface area contributed by atoms with Crippen LogP contribution in [-0.2, 0) is 11.3 Å². The second-order valence-corrected chi connectivity index (χ2v) is 5.32. The molecule has 3 nitrogen and oxygen atoms in total. The van der Waals surface area contributed by atoms with Gasteiger partial charge in [-0.15, -0.1) is 0 Å². The number of rotatable bonds is 5. The number of hydrogen-bond donors (Lipinski definition) is 1. The molecular formula is C14H18ClNO2. The van der Waals surface area contributed by atoms with Gasteiger partial charge >= 0.3 is 5.97 Å². The van der Waals surface area contributed by atoms with Crippen molar-refractivity contribution in [1.82, 2.24) is 4.90 Å². The van der Waals surface area contributed by atoms with E-state index >= 15 is 0 Å². The number of nitrogens with zero attached hydrogens (tertiary/aromatic N) is 1. The van der Waals surface area contributed by atoms with E-state index in [1.807, 2.05) is 24.3 Å². The highest BCUT2D eigenvalue weighted by Crippen LogP contribution is 2.24. The highest BCUT2D eigenvalue weighted by Gasteiger charge is 2.23. The molecule has 0 aliphatic carbocycles. The monoisotopic (exact) mass is 267 g/mol. The molecule has 1 aromatic rings. The van der Waals surface area contributed by atoms with E-state index in [-0.39, 0.29) is 6.42 Å². The van der Waals surface area contributed by atoms with E-state index in [1.165, 1.54) is 0 Å². The molecule has 1 aromatic carbocycles. The second kappa shape index (κ2) is 6.21. The fourth-order valence-corrected chi connectivity index (χ4v) is 2.68. The number of benzene rings is 1. The van der Waals surface area contributed by atoms with Gasteiger partial charge in [0.05, 0.1) is 0 Å². The molecule has 0 amide bonds. The molecule has 1 N–H and O–H groups in total. The third-order valence-corrected chi connectivity index (χ3v) is 3.86. The molecule has 1 heterocycles. The molecule has 1 saturated heterocycles. The lowest BCUT2D eigenvalue weighted by Crippen LogP contribution is -2.20. The Balaban J connectivity index is 1.83. The van der Waals surface area contributed by atoms with E-state index in [1.54, 1.807) is 0 Å². The Bertz CT molecular complexity index is 422. The van der Waals surface area contributed by atoms with E-state index in [0.29, 0.717) is 5.92 Å². The third-order valence-electron chi connectivity index (χ3n) is 3.49. The van der Waals surface area contributed by atoms with E-state index in [0.717, 1.165) is 43.1 Å². The number of carboxylic acids is 1. The topological polar surface area (TPSA) is 40.5 Å². The maximum Gasteiger partial charge on any atom is 0.303 e. The van der Waals surface area contributed by atoms with Gasteiger partial charge in [-0.1, -0.05) is 29.8 Å². The average Bonchev–Trinajstić information content (AvgIpc) is 2.77. The Kier molecular flexibility index (Phi) is 4.61. The summed E-state index contributed by atoms with van der Waals surface area (Å²) in [4.78, 5) is 12.9. The van der Waals surface area contributed by atoms with Gasteiger partial charge in [0.1, 0.15) is 0 Å². The smallest absolute Gasteiger partial charge is 0.303 e. The molecule has 4 heteroatoms. The Labute approximate surface area is 112 Å². The summed E-state index contributed by atoms with van der Waals surface area (Å²) in [6.07, 6.45) is 2.16. The van der Waals surface area contributed by atoms with Gasteiger partial charge in [-0.2, -0.15) is 0 Å². The van der Waals surface area contributed by atoms with Crippen LogP contribution >= 0.6 is 11.6 Å². The molecule has 1 unspecified atom stereocenters. The molecule has 1 aliphatic heterocycles. The average molecular weight is 268 g/mol. The highest BCUT2D eigenvalue weighted by molar-refractivity contribution is 6.31. The lowest BCUT2D eigenvalue weighted by molar-refractivity contribution is -0.137. The van der Waals surface area contributed by atoms with Crippen LogP contribution < -0.4 is 0 Å². The van der Waals surface area contributed by atoms with Gasteiger partial charge in [0.2, 0.25) is 0 Å². The minimum atomic E-state index is -0.695. The first-order valence-corrected chi connectivity index (χ1v) is 6.70. The summed E-state index contributed by atoms with van der Waals surface area (Å²) in [7, 11) is 0. The fourth-order valence-electron chi connectivity index (χ4n) is 2.49. The summed E-state index contributed by atoms with van der Waals surface area (Å²) in [5, 5.41) is 9.49. The van der Waals surface area contributed by atoms with Gasteiger partial charge in [0, 0.05) is 24.5 Å². The number of likely N-dealkylation sites (tertiary alicyclic amines) is 1. The van der Waals surface area contributed by atoms with Gasteiger partial charge in [0.15, 0.2) is 0 Å². The predicted octanol–water partition coefficient (Wildman–Crippen LogP) is 3.03. The third kappa shape index (κ3) is 3.72. The molecule has 18 heavy (non-hydrogen) atoms. The van der Waals surface area contributed by atoms with E-state index in [2.05, 4.69) is 4.90 Å². The summed E-state index contributed by atoms with van der Waals surface area (Å²) in [5.41, 5.74) is 1.15. The first-order chi connectivity index (χ1) is 8.65. The van der Waals surface area contributed by atoms with Crippen LogP contribution in [0.25, 0.3) is 0 Å². The van der Waals surface area contributed by atoms with Crippen molar-refractivity contribution in [2.75, 3.05) is 13.1 Å². The van der Waals surface area contributed by atoms with Crippen molar-refractivity contribution in [1.29, 1.82) is 0 Å². The van der Waals surface area contributed by atoms with Crippen LogP contribution in [0.1, 0.15) is 24.8 Å². The van der Waals surface area contributed by atoms with Gasteiger partial charge < -0.3 is 5.11 Å². The number of carboxylic acid groups (broad SMARTS) is 1. The lowest BCUT2D eigenvalue weighted by Gasteiger charge is -2.16. The van der Waals surface area contributed by atoms with Gasteiger partial charge in [-0.25, -0.2) is 0 Å². The summed E-state index contributed by atoms with van der Waals surface area (Å²) >= 11 is 6.14. The molecule has 0 radical (unpaired) electrons. The summed E-state index contributed by atoms with van der Waals surface area (Å²) in [6, 6.07) is 7.90. The standard InChI is InChI=1S/C14H18ClNO2/c15-13-4-2-1-3-12(13)10-16-8-7-11(9-16)5-6-14(17)18/h1-4,11H,5-10H2,(H,17,18). The molecule has 0 spiro atoms. The first-order valence-electron chi connectivity index (χ1n) is 6.32. The Morgan fingerprint density at radius 3 is 2.94 bits per heavy atom. The first kappa shape index (κ1) is 13.4. The molecule has 0 saturated carbocycles. The minimum Gasteiger partial charge on any atom is -0.481 e. The zero-order valence-electron chi connectivity index (χ0n) is 10.3. The largest absolute Gasteiger partial charge is 0.481 e. The van der Waals surface area contributed by atoms with E-state index < -0.39 is 5.97 Å². The lowest BCUT2D eigenvalue weighted by atomic mass is 10.0. The van der Waals surface area contributed by atoms with Crippen LogP contribution in [0.3, 0.4) is 0 Å². The predicted molar refractivity (Wildman–Crippen MR) is 71.7 cm³/mol. The van der Waals surface area contributed by atoms with Crippen molar-refractivity contribution in [3.8, 4) is 0 Å². The molecular weight excluding hydrogens is 250 g/mol. The number of aliphatic carboxylic acids is 1. The highest BCUT2D eigenvalue weighted by atomic mass is 35.5. The van der Waals surface area contributed by atoms with Crippen LogP contribution in [0.15, 0.2) is 24.3 Å². The fraction of sp³-hybridized carbons (Fsp3) is 0.500. The summed E-state index contributed by atoms with van der Waals surface area (Å²) < 4.78 is 0. The van der Waals surface area contributed by atoms with Gasteiger partial charge in [0.25, 0.3) is 0 Å². The Hall–Kier alpha value is -1.06. The van der Waals surface area contributed by atoms with Crippen LogP contribution in [0.4, 0.5) is 0 Å². The zero-order chi connectivity index (χ0) is 13.0. The van der Waals surface area contributed by atoms with Crippen LogP contribution in [0.5, 0.6) is 0 Å². The van der Waals surface area contributed by atoms with Crippen molar-refractivity contribution in [2.45, 2.75) is 25.8 Å². The van der Waals surface area contributed by atoms with Crippen molar-refractivity contribution in [3.05, 3.63) is 34.9 Å². The Morgan fingerprint density at radius 2 is 2.22 bits per heavy atom. The van der Waals surface area contributed by atoms with Crippen molar-refractivity contribution in [3.63, 3.8) is 0 Å². The summed E-state index contributed by atoms with van der Waals surface area (Å²) in [6.45, 7) is 2.89. The van der Waals surface area contributed by atoms with Crippen molar-refractivity contribution < 1.29 is 9.90 Å². The SMILES string of the molecule is O=C(O)CCC1CCN(Cc2ccccc2Cl)C1. The van der Waals surface area contributed by atoms with Crippen LogP contribution in [-0.4, -0.2) is 29.1 Å². The van der Waals surface area contributed by atoms with E-state index in [4.69, 9.17) is 16.7 Å². The van der Waals surface area contributed by atoms with Gasteiger partial charge in [-0.3, -0.25) is 9.69 Å². The molecule has 0 aromatic heterocycles. The normalized spacial score (nSPS) is 20.2. The minimum absolute atomic E-state index is 0.282. The van der Waals surface area contributed by atoms with Gasteiger partial charge in [-0.05, 0) is 36.9 Å². The molecule has 1 atom stereocenters. The maximum atomic E-state index is 10.5. The quantitative estimate of drug-likeness (QED) is 0.892. The molecule has 2 rings (SSSR count). The maximum absolute atomic E-state index is 10.5. The molecule has 1 aliphatic rings. The van der Waals surface area contributed by atoms with Crippen LogP contribution in [0.2, 0.25) is 5.02 Å². The van der Waals surface area contributed by atoms with Crippen molar-refractivity contribution in [2.24, 2.45) is 5.92 Å². The molecule has 0 bridgehead atoms. The van der Waals surface area contributed by atoms with Crippen LogP contribution in [0, 0.1) is 5.92 Å². The molecule has 1 fully saturated rings. The second-order valence-electron chi connectivity index (χ2n) is 4.91. The molecule has 98 valence electrons. The number of halogens is 1.